The fourth-order valence-electron chi connectivity index (χ4n) is 2.51. The monoisotopic (exact) mass is 295 g/mol. The van der Waals surface area contributed by atoms with Gasteiger partial charge in [0.05, 0.1) is 13.5 Å². The van der Waals surface area contributed by atoms with Crippen LogP contribution in [-0.4, -0.2) is 41.9 Å². The first kappa shape index (κ1) is 15.0. The topological polar surface area (TPSA) is 46.6 Å². The molecule has 1 atom stereocenters. The summed E-state index contributed by atoms with van der Waals surface area (Å²) in [5.74, 6) is -0.219. The predicted molar refractivity (Wildman–Crippen MR) is 81.5 cm³/mol. The van der Waals surface area contributed by atoms with Crippen LogP contribution in [0.3, 0.4) is 0 Å². The van der Waals surface area contributed by atoms with Crippen molar-refractivity contribution in [2.45, 2.75) is 24.5 Å². The summed E-state index contributed by atoms with van der Waals surface area (Å²) >= 11 is 0. The number of methoxy groups -OCH3 is 1. The van der Waals surface area contributed by atoms with Crippen LogP contribution < -0.4 is 4.90 Å². The zero-order valence-electron chi connectivity index (χ0n) is 12.0. The summed E-state index contributed by atoms with van der Waals surface area (Å²) in [6, 6.07) is 8.02. The van der Waals surface area contributed by atoms with E-state index in [1.54, 1.807) is 6.26 Å². The Morgan fingerprint density at radius 3 is 2.40 bits per heavy atom. The van der Waals surface area contributed by atoms with Gasteiger partial charge in [-0.05, 0) is 30.5 Å². The second kappa shape index (κ2) is 6.88. The summed E-state index contributed by atoms with van der Waals surface area (Å²) in [6.45, 7) is 1.89. The highest BCUT2D eigenvalue weighted by molar-refractivity contribution is 7.84. The molecule has 1 aliphatic heterocycles. The lowest BCUT2D eigenvalue weighted by Crippen LogP contribution is -2.37. The molecule has 1 heterocycles. The van der Waals surface area contributed by atoms with Gasteiger partial charge in [0, 0.05) is 41.1 Å². The van der Waals surface area contributed by atoms with Crippen LogP contribution >= 0.6 is 0 Å². The average molecular weight is 295 g/mol. The number of hydrogen-bond acceptors (Lipinski definition) is 4. The van der Waals surface area contributed by atoms with Crippen molar-refractivity contribution in [2.75, 3.05) is 31.4 Å². The van der Waals surface area contributed by atoms with Gasteiger partial charge < -0.3 is 9.64 Å². The van der Waals surface area contributed by atoms with E-state index in [1.807, 2.05) is 24.3 Å². The molecular weight excluding hydrogens is 274 g/mol. The van der Waals surface area contributed by atoms with E-state index in [0.29, 0.717) is 11.7 Å². The summed E-state index contributed by atoms with van der Waals surface area (Å²) in [4.78, 5) is 13.5. The quantitative estimate of drug-likeness (QED) is 0.794. The van der Waals surface area contributed by atoms with Gasteiger partial charge in [0.1, 0.15) is 0 Å². The van der Waals surface area contributed by atoms with Crippen LogP contribution in [0, 0.1) is 0 Å². The van der Waals surface area contributed by atoms with Crippen molar-refractivity contribution in [1.29, 1.82) is 0 Å². The molecule has 0 spiro atoms. The number of ether oxygens (including phenoxy) is 1. The van der Waals surface area contributed by atoms with Gasteiger partial charge in [-0.1, -0.05) is 12.1 Å². The molecule has 0 aliphatic carbocycles. The Hall–Kier alpha value is -1.36. The van der Waals surface area contributed by atoms with Crippen molar-refractivity contribution in [3.05, 3.63) is 29.8 Å². The smallest absolute Gasteiger partial charge is 0.309 e. The maximum absolute atomic E-state index is 11.5. The lowest BCUT2D eigenvalue weighted by molar-refractivity contribution is -0.139. The molecule has 110 valence electrons. The van der Waals surface area contributed by atoms with Gasteiger partial charge >= 0.3 is 5.97 Å². The van der Waals surface area contributed by atoms with Gasteiger partial charge in [0.15, 0.2) is 0 Å². The second-order valence-electron chi connectivity index (χ2n) is 5.10. The third-order valence-corrected chi connectivity index (χ3v) is 5.20. The number of piperidine rings is 1. The molecule has 1 fully saturated rings. The number of esters is 1. The first-order chi connectivity index (χ1) is 9.60. The molecule has 1 aromatic rings. The van der Waals surface area contributed by atoms with Crippen molar-refractivity contribution >= 4 is 22.5 Å². The maximum Gasteiger partial charge on any atom is 0.309 e. The molecule has 4 nitrogen and oxygen atoms in total. The summed E-state index contributed by atoms with van der Waals surface area (Å²) in [6.07, 6.45) is 4.07. The Kier molecular flexibility index (Phi) is 5.17. The second-order valence-corrected chi connectivity index (χ2v) is 6.77. The summed E-state index contributed by atoms with van der Waals surface area (Å²) in [5.41, 5.74) is 2.13. The first-order valence-corrected chi connectivity index (χ1v) is 8.45. The summed E-state index contributed by atoms with van der Waals surface area (Å²) in [5, 5.41) is 0.338. The van der Waals surface area contributed by atoms with Crippen LogP contribution in [0.5, 0.6) is 0 Å². The summed E-state index contributed by atoms with van der Waals surface area (Å²) < 4.78 is 16.1. The fourth-order valence-corrected chi connectivity index (χ4v) is 3.38. The highest BCUT2D eigenvalue weighted by atomic mass is 32.2. The number of rotatable bonds is 4. The Bertz CT molecular complexity index is 478. The molecule has 0 radical (unpaired) electrons. The lowest BCUT2D eigenvalue weighted by atomic mass is 10.1. The van der Waals surface area contributed by atoms with Crippen LogP contribution in [0.25, 0.3) is 0 Å². The fraction of sp³-hybridized carbons (Fsp3) is 0.533. The molecule has 1 saturated heterocycles. The van der Waals surface area contributed by atoms with E-state index >= 15 is 0 Å². The zero-order chi connectivity index (χ0) is 14.5. The molecule has 0 amide bonds. The molecule has 1 aromatic carbocycles. The highest BCUT2D eigenvalue weighted by Gasteiger charge is 2.21. The minimum atomic E-state index is -0.713. The normalized spacial score (nSPS) is 17.8. The lowest BCUT2D eigenvalue weighted by Gasteiger charge is -2.32. The number of anilines is 1. The molecule has 0 bridgehead atoms. The standard InChI is InChI=1S/C15H21NO3S/c1-19-15(17)11-12-3-5-13(6-4-12)16-9-7-14(8-10-16)20(2)18/h3-6,14H,7-11H2,1-2H3. The minimum Gasteiger partial charge on any atom is -0.469 e. The number of benzene rings is 1. The van der Waals surface area contributed by atoms with E-state index in [2.05, 4.69) is 9.64 Å². The van der Waals surface area contributed by atoms with Gasteiger partial charge in [0.2, 0.25) is 0 Å². The SMILES string of the molecule is COC(=O)Cc1ccc(N2CCC(S(C)=O)CC2)cc1. The van der Waals surface area contributed by atoms with Crippen molar-refractivity contribution in [3.63, 3.8) is 0 Å². The third-order valence-electron chi connectivity index (χ3n) is 3.79. The van der Waals surface area contributed by atoms with Gasteiger partial charge in [-0.2, -0.15) is 0 Å². The number of carbonyl (C=O) groups is 1. The summed E-state index contributed by atoms with van der Waals surface area (Å²) in [7, 11) is 0.688. The molecule has 20 heavy (non-hydrogen) atoms. The number of carbonyl (C=O) groups excluding carboxylic acids is 1. The molecule has 2 rings (SSSR count). The average Bonchev–Trinajstić information content (AvgIpc) is 2.48. The largest absolute Gasteiger partial charge is 0.469 e. The molecular formula is C15H21NO3S. The van der Waals surface area contributed by atoms with Gasteiger partial charge in [-0.25, -0.2) is 0 Å². The van der Waals surface area contributed by atoms with Gasteiger partial charge in [-0.15, -0.1) is 0 Å². The number of nitrogens with zero attached hydrogens (tertiary/aromatic N) is 1. The van der Waals surface area contributed by atoms with E-state index in [9.17, 15) is 9.00 Å². The van der Waals surface area contributed by atoms with Crippen LogP contribution in [0.15, 0.2) is 24.3 Å². The molecule has 0 N–H and O–H groups in total. The minimum absolute atomic E-state index is 0.219. The molecule has 0 saturated carbocycles. The van der Waals surface area contributed by atoms with Crippen LogP contribution in [0.2, 0.25) is 0 Å². The zero-order valence-corrected chi connectivity index (χ0v) is 12.8. The molecule has 1 unspecified atom stereocenters. The highest BCUT2D eigenvalue weighted by Crippen LogP contribution is 2.22. The number of hydrogen-bond donors (Lipinski definition) is 0. The van der Waals surface area contributed by atoms with E-state index in [4.69, 9.17) is 0 Å². The van der Waals surface area contributed by atoms with Crippen molar-refractivity contribution in [1.82, 2.24) is 0 Å². The van der Waals surface area contributed by atoms with E-state index in [-0.39, 0.29) is 5.97 Å². The maximum atomic E-state index is 11.5. The van der Waals surface area contributed by atoms with Crippen LogP contribution in [-0.2, 0) is 26.8 Å². The molecule has 0 aromatic heterocycles. The Morgan fingerprint density at radius 2 is 1.90 bits per heavy atom. The predicted octanol–water partition coefficient (Wildman–Crippen LogP) is 1.75. The molecule has 1 aliphatic rings. The van der Waals surface area contributed by atoms with Crippen molar-refractivity contribution < 1.29 is 13.7 Å². The van der Waals surface area contributed by atoms with Gasteiger partial charge in [-0.3, -0.25) is 9.00 Å². The third kappa shape index (κ3) is 3.82. The Morgan fingerprint density at radius 1 is 1.30 bits per heavy atom. The van der Waals surface area contributed by atoms with Crippen LogP contribution in [0.1, 0.15) is 18.4 Å². The Balaban J connectivity index is 1.94. The van der Waals surface area contributed by atoms with Crippen LogP contribution in [0.4, 0.5) is 5.69 Å². The van der Waals surface area contributed by atoms with Crippen molar-refractivity contribution in [3.8, 4) is 0 Å². The van der Waals surface area contributed by atoms with Gasteiger partial charge in [0.25, 0.3) is 0 Å². The van der Waals surface area contributed by atoms with E-state index in [1.165, 1.54) is 12.8 Å². The van der Waals surface area contributed by atoms with Crippen molar-refractivity contribution in [2.24, 2.45) is 0 Å². The Labute approximate surface area is 122 Å². The molecule has 5 heteroatoms. The van der Waals surface area contributed by atoms with E-state index in [0.717, 1.165) is 31.5 Å². The first-order valence-electron chi connectivity index (χ1n) is 6.83. The van der Waals surface area contributed by atoms with E-state index < -0.39 is 10.8 Å².